The Morgan fingerprint density at radius 2 is 1.83 bits per heavy atom. The van der Waals surface area contributed by atoms with Crippen molar-refractivity contribution in [3.8, 4) is 0 Å². The second-order valence-electron chi connectivity index (χ2n) is 4.21. The van der Waals surface area contributed by atoms with Gasteiger partial charge in [0.15, 0.2) is 0 Å². The number of carboxylic acids is 1. The molecule has 6 nitrogen and oxygen atoms in total. The molecule has 3 N–H and O–H groups in total. The van der Waals surface area contributed by atoms with Crippen LogP contribution in [-0.4, -0.2) is 36.5 Å². The maximum Gasteiger partial charge on any atom is 0.307 e. The Labute approximate surface area is 105 Å². The molecule has 18 heavy (non-hydrogen) atoms. The zero-order valence-electron chi connectivity index (χ0n) is 10.3. The fraction of sp³-hybridized carbons (Fsp3) is 0.583. The zero-order valence-corrected chi connectivity index (χ0v) is 10.3. The molecule has 0 radical (unpaired) electrons. The number of carbonyl (C=O) groups excluding carboxylic acids is 2. The molecule has 100 valence electrons. The molecule has 0 saturated heterocycles. The van der Waals surface area contributed by atoms with Gasteiger partial charge in [-0.2, -0.15) is 0 Å². The van der Waals surface area contributed by atoms with E-state index in [1.165, 1.54) is 7.05 Å². The molecule has 1 aliphatic carbocycles. The van der Waals surface area contributed by atoms with Gasteiger partial charge in [-0.05, 0) is 12.8 Å². The van der Waals surface area contributed by atoms with Crippen LogP contribution in [0.4, 0.5) is 0 Å². The largest absolute Gasteiger partial charge is 0.481 e. The molecular weight excluding hydrogens is 236 g/mol. The molecule has 2 atom stereocenters. The van der Waals surface area contributed by atoms with Crippen molar-refractivity contribution in [2.75, 3.05) is 13.6 Å². The maximum absolute atomic E-state index is 11.8. The molecule has 0 unspecified atom stereocenters. The number of hydrogen-bond donors (Lipinski definition) is 3. The van der Waals surface area contributed by atoms with Crippen LogP contribution in [0.5, 0.6) is 0 Å². The van der Waals surface area contributed by atoms with Crippen molar-refractivity contribution in [3.05, 3.63) is 12.2 Å². The molecule has 0 spiro atoms. The number of carbonyl (C=O) groups is 3. The van der Waals surface area contributed by atoms with Crippen LogP contribution < -0.4 is 10.6 Å². The summed E-state index contributed by atoms with van der Waals surface area (Å²) in [5, 5.41) is 14.1. The summed E-state index contributed by atoms with van der Waals surface area (Å²) >= 11 is 0. The summed E-state index contributed by atoms with van der Waals surface area (Å²) < 4.78 is 0. The molecule has 0 aromatic rings. The maximum atomic E-state index is 11.8. The minimum Gasteiger partial charge on any atom is -0.481 e. The predicted octanol–water partition coefficient (Wildman–Crippen LogP) is -0.0943. The fourth-order valence-corrected chi connectivity index (χ4v) is 1.93. The number of amides is 2. The van der Waals surface area contributed by atoms with E-state index in [1.807, 2.05) is 6.08 Å². The predicted molar refractivity (Wildman–Crippen MR) is 64.7 cm³/mol. The van der Waals surface area contributed by atoms with Crippen molar-refractivity contribution in [2.24, 2.45) is 11.8 Å². The third-order valence-electron chi connectivity index (χ3n) is 3.02. The number of aliphatic carboxylic acids is 1. The number of allylic oxidation sites excluding steroid dienone is 2. The first kappa shape index (κ1) is 14.2. The third kappa shape index (κ3) is 3.87. The average molecular weight is 254 g/mol. The van der Waals surface area contributed by atoms with Crippen LogP contribution in [0.1, 0.15) is 19.3 Å². The fourth-order valence-electron chi connectivity index (χ4n) is 1.93. The SMILES string of the molecule is CNC(=O)CCNC(=O)[C@@H]1CC=CC[C@@H]1C(=O)O. The lowest BCUT2D eigenvalue weighted by Gasteiger charge is -2.24. The normalized spacial score (nSPS) is 22.3. The van der Waals surface area contributed by atoms with Crippen LogP contribution >= 0.6 is 0 Å². The third-order valence-corrected chi connectivity index (χ3v) is 3.02. The highest BCUT2D eigenvalue weighted by Gasteiger charge is 2.33. The van der Waals surface area contributed by atoms with Crippen LogP contribution in [0.2, 0.25) is 0 Å². The number of hydrogen-bond acceptors (Lipinski definition) is 3. The molecule has 0 saturated carbocycles. The summed E-state index contributed by atoms with van der Waals surface area (Å²) in [6, 6.07) is 0. The summed E-state index contributed by atoms with van der Waals surface area (Å²) in [6.07, 6.45) is 4.61. The van der Waals surface area contributed by atoms with Gasteiger partial charge in [0.05, 0.1) is 11.8 Å². The molecule has 0 bridgehead atoms. The lowest BCUT2D eigenvalue weighted by molar-refractivity contribution is -0.147. The van der Waals surface area contributed by atoms with Gasteiger partial charge in [-0.15, -0.1) is 0 Å². The molecule has 0 aromatic carbocycles. The first-order valence-corrected chi connectivity index (χ1v) is 5.92. The molecule has 0 fully saturated rings. The molecule has 2 amide bonds. The van der Waals surface area contributed by atoms with Gasteiger partial charge in [0.2, 0.25) is 11.8 Å². The molecular formula is C12H18N2O4. The van der Waals surface area contributed by atoms with Crippen molar-refractivity contribution in [1.29, 1.82) is 0 Å². The summed E-state index contributed by atoms with van der Waals surface area (Å²) in [5.41, 5.74) is 0. The number of rotatable bonds is 5. The van der Waals surface area contributed by atoms with Gasteiger partial charge in [0, 0.05) is 20.0 Å². The quantitative estimate of drug-likeness (QED) is 0.597. The molecule has 0 aromatic heterocycles. The van der Waals surface area contributed by atoms with Crippen LogP contribution in [0.25, 0.3) is 0 Å². The second kappa shape index (κ2) is 6.78. The molecule has 0 heterocycles. The van der Waals surface area contributed by atoms with E-state index >= 15 is 0 Å². The second-order valence-corrected chi connectivity index (χ2v) is 4.21. The van der Waals surface area contributed by atoms with Gasteiger partial charge in [-0.1, -0.05) is 12.2 Å². The van der Waals surface area contributed by atoms with E-state index in [0.29, 0.717) is 12.8 Å². The average Bonchev–Trinajstić information content (AvgIpc) is 2.38. The van der Waals surface area contributed by atoms with E-state index in [1.54, 1.807) is 6.08 Å². The highest BCUT2D eigenvalue weighted by Crippen LogP contribution is 2.25. The number of carboxylic acid groups (broad SMARTS) is 1. The standard InChI is InChI=1S/C12H18N2O4/c1-13-10(15)6-7-14-11(16)8-4-2-3-5-9(8)12(17)18/h2-3,8-9H,4-7H2,1H3,(H,13,15)(H,14,16)(H,17,18)/t8-,9+/m1/s1. The van der Waals surface area contributed by atoms with Crippen LogP contribution in [0, 0.1) is 11.8 Å². The molecule has 1 rings (SSSR count). The van der Waals surface area contributed by atoms with Crippen molar-refractivity contribution in [3.63, 3.8) is 0 Å². The highest BCUT2D eigenvalue weighted by atomic mass is 16.4. The van der Waals surface area contributed by atoms with Crippen molar-refractivity contribution in [1.82, 2.24) is 10.6 Å². The van der Waals surface area contributed by atoms with Crippen molar-refractivity contribution in [2.45, 2.75) is 19.3 Å². The lowest BCUT2D eigenvalue weighted by Crippen LogP contribution is -2.40. The van der Waals surface area contributed by atoms with E-state index in [-0.39, 0.29) is 24.8 Å². The summed E-state index contributed by atoms with van der Waals surface area (Å²) in [7, 11) is 1.52. The zero-order chi connectivity index (χ0) is 13.5. The van der Waals surface area contributed by atoms with Gasteiger partial charge < -0.3 is 15.7 Å². The summed E-state index contributed by atoms with van der Waals surface area (Å²) in [5.74, 6) is -2.62. The Bertz CT molecular complexity index is 365. The van der Waals surface area contributed by atoms with Crippen molar-refractivity contribution >= 4 is 17.8 Å². The monoisotopic (exact) mass is 254 g/mol. The molecule has 1 aliphatic rings. The Morgan fingerprint density at radius 3 is 2.39 bits per heavy atom. The summed E-state index contributed by atoms with van der Waals surface area (Å²) in [6.45, 7) is 0.227. The van der Waals surface area contributed by atoms with Crippen LogP contribution in [0.3, 0.4) is 0 Å². The Kier molecular flexibility index (Phi) is 5.35. The minimum atomic E-state index is -0.953. The first-order chi connectivity index (χ1) is 8.56. The van der Waals surface area contributed by atoms with E-state index in [0.717, 1.165) is 0 Å². The first-order valence-electron chi connectivity index (χ1n) is 5.92. The molecule has 6 heteroatoms. The Morgan fingerprint density at radius 1 is 1.22 bits per heavy atom. The topological polar surface area (TPSA) is 95.5 Å². The minimum absolute atomic E-state index is 0.159. The number of nitrogens with one attached hydrogen (secondary N) is 2. The summed E-state index contributed by atoms with van der Waals surface area (Å²) in [4.78, 5) is 33.8. The van der Waals surface area contributed by atoms with Crippen molar-refractivity contribution < 1.29 is 19.5 Å². The van der Waals surface area contributed by atoms with Gasteiger partial charge in [-0.3, -0.25) is 14.4 Å². The van der Waals surface area contributed by atoms with Crippen LogP contribution in [0.15, 0.2) is 12.2 Å². The van der Waals surface area contributed by atoms with E-state index in [2.05, 4.69) is 10.6 Å². The lowest BCUT2D eigenvalue weighted by atomic mass is 9.82. The molecule has 0 aliphatic heterocycles. The Balaban J connectivity index is 2.46. The highest BCUT2D eigenvalue weighted by molar-refractivity contribution is 5.85. The van der Waals surface area contributed by atoms with Gasteiger partial charge in [0.25, 0.3) is 0 Å². The van der Waals surface area contributed by atoms with Gasteiger partial charge in [-0.25, -0.2) is 0 Å². The Hall–Kier alpha value is -1.85. The van der Waals surface area contributed by atoms with Gasteiger partial charge >= 0.3 is 5.97 Å². The van der Waals surface area contributed by atoms with Gasteiger partial charge in [0.1, 0.15) is 0 Å². The van der Waals surface area contributed by atoms with E-state index in [9.17, 15) is 14.4 Å². The van der Waals surface area contributed by atoms with Crippen LogP contribution in [-0.2, 0) is 14.4 Å². The van der Waals surface area contributed by atoms with E-state index < -0.39 is 17.8 Å². The van der Waals surface area contributed by atoms with E-state index in [4.69, 9.17) is 5.11 Å². The smallest absolute Gasteiger partial charge is 0.307 e.